The second-order valence-electron chi connectivity index (χ2n) is 6.53. The van der Waals surface area contributed by atoms with E-state index in [2.05, 4.69) is 4.74 Å². The Labute approximate surface area is 172 Å². The van der Waals surface area contributed by atoms with Crippen LogP contribution in [0.5, 0.6) is 0 Å². The van der Waals surface area contributed by atoms with E-state index in [1.807, 2.05) is 0 Å². The number of hydrogen-bond donors (Lipinski definition) is 0. The number of hydrogen-bond acceptors (Lipinski definition) is 7. The average Bonchev–Trinajstić information content (AvgIpc) is 3.31. The van der Waals surface area contributed by atoms with Crippen molar-refractivity contribution in [3.05, 3.63) is 40.9 Å². The van der Waals surface area contributed by atoms with Gasteiger partial charge in [-0.3, -0.25) is 9.59 Å². The van der Waals surface area contributed by atoms with Crippen LogP contribution in [0, 0.1) is 0 Å². The van der Waals surface area contributed by atoms with E-state index in [0.29, 0.717) is 36.5 Å². The number of methoxy groups -OCH3 is 1. The highest BCUT2D eigenvalue weighted by Gasteiger charge is 2.27. The second kappa shape index (κ2) is 9.60. The minimum absolute atomic E-state index is 0.0931. The first-order valence-electron chi connectivity index (χ1n) is 9.30. The lowest BCUT2D eigenvalue weighted by molar-refractivity contribution is -0.134. The van der Waals surface area contributed by atoms with Crippen LogP contribution < -0.4 is 4.90 Å². The molecule has 0 bridgehead atoms. The van der Waals surface area contributed by atoms with Crippen molar-refractivity contribution in [1.29, 1.82) is 0 Å². The van der Waals surface area contributed by atoms with Crippen molar-refractivity contribution in [3.63, 3.8) is 0 Å². The molecule has 1 aromatic rings. The van der Waals surface area contributed by atoms with E-state index in [9.17, 15) is 19.2 Å². The van der Waals surface area contributed by atoms with Crippen LogP contribution in [0.2, 0.25) is 0 Å². The molecule has 154 valence electrons. The lowest BCUT2D eigenvalue weighted by atomic mass is 10.2. The maximum Gasteiger partial charge on any atom is 0.338 e. The second-order valence-corrected chi connectivity index (χ2v) is 7.52. The first-order valence-corrected chi connectivity index (χ1v) is 10.3. The summed E-state index contributed by atoms with van der Waals surface area (Å²) in [6.45, 7) is 1.19. The summed E-state index contributed by atoms with van der Waals surface area (Å²) in [6.07, 6.45) is 3.13. The molecule has 8 nitrogen and oxygen atoms in total. The van der Waals surface area contributed by atoms with Gasteiger partial charge in [0, 0.05) is 25.2 Å². The highest BCUT2D eigenvalue weighted by molar-refractivity contribution is 8.04. The first-order chi connectivity index (χ1) is 14.0. The molecule has 0 spiro atoms. The highest BCUT2D eigenvalue weighted by Crippen LogP contribution is 2.29. The van der Waals surface area contributed by atoms with Crippen molar-refractivity contribution >= 4 is 41.2 Å². The first kappa shape index (κ1) is 20.9. The van der Waals surface area contributed by atoms with Crippen LogP contribution in [0.1, 0.15) is 29.6 Å². The van der Waals surface area contributed by atoms with E-state index < -0.39 is 11.9 Å². The van der Waals surface area contributed by atoms with Crippen molar-refractivity contribution < 1.29 is 28.7 Å². The summed E-state index contributed by atoms with van der Waals surface area (Å²) < 4.78 is 9.86. The Morgan fingerprint density at radius 2 is 1.93 bits per heavy atom. The fourth-order valence-electron chi connectivity index (χ4n) is 3.10. The fraction of sp³-hybridized carbons (Fsp3) is 0.400. The predicted molar refractivity (Wildman–Crippen MR) is 107 cm³/mol. The van der Waals surface area contributed by atoms with Gasteiger partial charge < -0.3 is 19.3 Å². The normalized spacial score (nSPS) is 17.9. The third-order valence-corrected chi connectivity index (χ3v) is 5.63. The molecule has 0 aliphatic carbocycles. The molecule has 1 aromatic carbocycles. The average molecular weight is 418 g/mol. The van der Waals surface area contributed by atoms with Gasteiger partial charge in [-0.1, -0.05) is 11.8 Å². The Bertz CT molecular complexity index is 836. The lowest BCUT2D eigenvalue weighted by Gasteiger charge is -2.17. The molecule has 3 rings (SSSR count). The zero-order valence-electron chi connectivity index (χ0n) is 16.1. The Morgan fingerprint density at radius 3 is 2.59 bits per heavy atom. The van der Waals surface area contributed by atoms with Gasteiger partial charge in [0.05, 0.1) is 36.1 Å². The zero-order chi connectivity index (χ0) is 20.8. The SMILES string of the molecule is COC(=O)/C=C1/SCC(=O)N1CCCOC(=O)c1ccc(N2CCCC2=O)cc1. The molecule has 0 aromatic heterocycles. The number of amides is 2. The molecule has 9 heteroatoms. The molecule has 2 heterocycles. The summed E-state index contributed by atoms with van der Waals surface area (Å²) in [5, 5.41) is 0.542. The van der Waals surface area contributed by atoms with E-state index in [1.165, 1.54) is 29.8 Å². The van der Waals surface area contributed by atoms with E-state index in [4.69, 9.17) is 4.74 Å². The van der Waals surface area contributed by atoms with E-state index in [-0.39, 0.29) is 24.2 Å². The van der Waals surface area contributed by atoms with Gasteiger partial charge in [-0.2, -0.15) is 0 Å². The number of esters is 2. The Morgan fingerprint density at radius 1 is 1.17 bits per heavy atom. The van der Waals surface area contributed by atoms with Crippen LogP contribution in [-0.4, -0.2) is 61.2 Å². The van der Waals surface area contributed by atoms with Gasteiger partial charge in [0.2, 0.25) is 11.8 Å². The van der Waals surface area contributed by atoms with Crippen molar-refractivity contribution in [3.8, 4) is 0 Å². The Kier molecular flexibility index (Phi) is 6.92. The van der Waals surface area contributed by atoms with Crippen LogP contribution in [0.25, 0.3) is 0 Å². The van der Waals surface area contributed by atoms with Crippen molar-refractivity contribution in [2.45, 2.75) is 19.3 Å². The maximum absolute atomic E-state index is 12.2. The molecule has 2 saturated heterocycles. The predicted octanol–water partition coefficient (Wildman–Crippen LogP) is 1.95. The van der Waals surface area contributed by atoms with Gasteiger partial charge >= 0.3 is 11.9 Å². The third kappa shape index (κ3) is 5.17. The fourth-order valence-corrected chi connectivity index (χ4v) is 4.05. The van der Waals surface area contributed by atoms with Crippen molar-refractivity contribution in [2.24, 2.45) is 0 Å². The minimum Gasteiger partial charge on any atom is -0.466 e. The van der Waals surface area contributed by atoms with Gasteiger partial charge in [0.25, 0.3) is 0 Å². The number of benzene rings is 1. The molecule has 0 radical (unpaired) electrons. The summed E-state index contributed by atoms with van der Waals surface area (Å²) in [7, 11) is 1.28. The molecule has 2 amide bonds. The quantitative estimate of drug-likeness (QED) is 0.380. The molecule has 0 unspecified atom stereocenters. The van der Waals surface area contributed by atoms with Crippen molar-refractivity contribution in [2.75, 3.05) is 37.5 Å². The summed E-state index contributed by atoms with van der Waals surface area (Å²) in [5.74, 6) is -0.706. The largest absolute Gasteiger partial charge is 0.466 e. The van der Waals surface area contributed by atoms with Crippen molar-refractivity contribution in [1.82, 2.24) is 4.90 Å². The van der Waals surface area contributed by atoms with E-state index >= 15 is 0 Å². The number of rotatable bonds is 7. The topological polar surface area (TPSA) is 93.2 Å². The Hall–Kier alpha value is -2.81. The minimum atomic E-state index is -0.516. The summed E-state index contributed by atoms with van der Waals surface area (Å²) in [5.41, 5.74) is 1.18. The highest BCUT2D eigenvalue weighted by atomic mass is 32.2. The third-order valence-electron chi connectivity index (χ3n) is 4.60. The number of anilines is 1. The van der Waals surface area contributed by atoms with Gasteiger partial charge in [0.1, 0.15) is 0 Å². The van der Waals surface area contributed by atoms with E-state index in [0.717, 1.165) is 12.1 Å². The molecule has 2 fully saturated rings. The van der Waals surface area contributed by atoms with Gasteiger partial charge in [-0.25, -0.2) is 9.59 Å². The number of carbonyl (C=O) groups excluding carboxylic acids is 4. The van der Waals surface area contributed by atoms with Gasteiger partial charge in [-0.05, 0) is 37.1 Å². The van der Waals surface area contributed by atoms with Crippen LogP contribution in [0.4, 0.5) is 5.69 Å². The van der Waals surface area contributed by atoms with Crippen LogP contribution in [0.15, 0.2) is 35.4 Å². The summed E-state index contributed by atoms with van der Waals surface area (Å²) >= 11 is 1.28. The van der Waals surface area contributed by atoms with Crippen LogP contribution in [0.3, 0.4) is 0 Å². The number of thioether (sulfide) groups is 1. The molecular formula is C20H22N2O6S. The number of nitrogens with zero attached hydrogens (tertiary/aromatic N) is 2. The zero-order valence-corrected chi connectivity index (χ0v) is 16.9. The molecule has 2 aliphatic rings. The Balaban J connectivity index is 1.47. The molecular weight excluding hydrogens is 396 g/mol. The van der Waals surface area contributed by atoms with Gasteiger partial charge in [-0.15, -0.1) is 0 Å². The number of ether oxygens (including phenoxy) is 2. The van der Waals surface area contributed by atoms with Crippen LogP contribution >= 0.6 is 11.8 Å². The van der Waals surface area contributed by atoms with Crippen LogP contribution in [-0.2, 0) is 23.9 Å². The molecule has 0 N–H and O–H groups in total. The number of carbonyl (C=O) groups is 4. The standard InChI is InChI=1S/C20H22N2O6S/c1-27-19(25)12-18-22(17(24)13-29-18)10-3-11-28-20(26)14-5-7-15(8-6-14)21-9-2-4-16(21)23/h5-8,12H,2-4,9-11,13H2,1H3/b18-12+. The molecule has 0 atom stereocenters. The smallest absolute Gasteiger partial charge is 0.338 e. The maximum atomic E-state index is 12.2. The summed E-state index contributed by atoms with van der Waals surface area (Å²) in [4.78, 5) is 50.5. The van der Waals surface area contributed by atoms with E-state index in [1.54, 1.807) is 29.2 Å². The van der Waals surface area contributed by atoms with Gasteiger partial charge in [0.15, 0.2) is 0 Å². The lowest BCUT2D eigenvalue weighted by Crippen LogP contribution is -2.27. The molecule has 2 aliphatic heterocycles. The molecule has 0 saturated carbocycles. The monoisotopic (exact) mass is 418 g/mol. The summed E-state index contributed by atoms with van der Waals surface area (Å²) in [6, 6.07) is 6.76. The molecule has 29 heavy (non-hydrogen) atoms.